The molecule has 1 saturated heterocycles. The van der Waals surface area contributed by atoms with Crippen LogP contribution < -0.4 is 10.1 Å². The van der Waals surface area contributed by atoms with Gasteiger partial charge in [-0.1, -0.05) is 12.1 Å². The van der Waals surface area contributed by atoms with Gasteiger partial charge in [-0.3, -0.25) is 9.69 Å². The number of nitrogens with zero attached hydrogens (tertiary/aromatic N) is 3. The first kappa shape index (κ1) is 24.0. The number of likely N-dealkylation sites (N-methyl/N-ethyl adjacent to an activating group) is 1. The smallest absolute Gasteiger partial charge is 0.253 e. The Labute approximate surface area is 199 Å². The first-order chi connectivity index (χ1) is 16.4. The SMILES string of the molecule is Cc1nc2cc(F)cc(C(=O)NCc3cccc(OCCN(C)C4CCOCC4)c3)c2nc1C. The van der Waals surface area contributed by atoms with Crippen molar-refractivity contribution in [3.8, 4) is 5.75 Å². The molecule has 1 fully saturated rings. The number of halogens is 1. The molecular weight excluding hydrogens is 435 g/mol. The maximum absolute atomic E-state index is 14.1. The second-order valence-electron chi connectivity index (χ2n) is 8.72. The third-order valence-corrected chi connectivity index (χ3v) is 6.27. The summed E-state index contributed by atoms with van der Waals surface area (Å²) in [6.07, 6.45) is 2.11. The van der Waals surface area contributed by atoms with Crippen molar-refractivity contribution in [1.82, 2.24) is 20.2 Å². The van der Waals surface area contributed by atoms with Gasteiger partial charge in [-0.2, -0.15) is 0 Å². The van der Waals surface area contributed by atoms with Gasteiger partial charge in [0.15, 0.2) is 0 Å². The van der Waals surface area contributed by atoms with Gasteiger partial charge in [0.05, 0.1) is 22.5 Å². The minimum Gasteiger partial charge on any atom is -0.492 e. The minimum absolute atomic E-state index is 0.175. The molecule has 34 heavy (non-hydrogen) atoms. The number of aryl methyl sites for hydroxylation is 2. The molecule has 180 valence electrons. The third-order valence-electron chi connectivity index (χ3n) is 6.27. The van der Waals surface area contributed by atoms with E-state index in [0.717, 1.165) is 43.9 Å². The van der Waals surface area contributed by atoms with Crippen LogP contribution in [0.4, 0.5) is 4.39 Å². The highest BCUT2D eigenvalue weighted by atomic mass is 19.1. The number of benzene rings is 2. The molecular formula is C26H31FN4O3. The number of carbonyl (C=O) groups excluding carboxylic acids is 1. The van der Waals surface area contributed by atoms with Crippen LogP contribution in [0, 0.1) is 19.7 Å². The summed E-state index contributed by atoms with van der Waals surface area (Å²) >= 11 is 0. The Balaban J connectivity index is 1.35. The van der Waals surface area contributed by atoms with Crippen molar-refractivity contribution in [3.63, 3.8) is 0 Å². The highest BCUT2D eigenvalue weighted by Gasteiger charge is 2.18. The van der Waals surface area contributed by atoms with E-state index in [9.17, 15) is 9.18 Å². The van der Waals surface area contributed by atoms with Crippen LogP contribution in [0.25, 0.3) is 11.0 Å². The molecule has 0 saturated carbocycles. The van der Waals surface area contributed by atoms with Crippen LogP contribution >= 0.6 is 0 Å². The van der Waals surface area contributed by atoms with Crippen molar-refractivity contribution in [3.05, 3.63) is 64.7 Å². The van der Waals surface area contributed by atoms with E-state index in [2.05, 4.69) is 27.2 Å². The zero-order chi connectivity index (χ0) is 24.1. The number of hydrogen-bond acceptors (Lipinski definition) is 6. The number of carbonyl (C=O) groups is 1. The Bertz CT molecular complexity index is 1160. The first-order valence-corrected chi connectivity index (χ1v) is 11.6. The predicted octanol–water partition coefficient (Wildman–Crippen LogP) is 3.81. The zero-order valence-electron chi connectivity index (χ0n) is 19.9. The molecule has 1 aliphatic heterocycles. The summed E-state index contributed by atoms with van der Waals surface area (Å²) in [5, 5.41) is 2.86. The molecule has 0 bridgehead atoms. The average molecular weight is 467 g/mol. The van der Waals surface area contributed by atoms with Crippen molar-refractivity contribution >= 4 is 16.9 Å². The number of rotatable bonds is 8. The lowest BCUT2D eigenvalue weighted by Gasteiger charge is -2.31. The molecule has 4 rings (SSSR count). The van der Waals surface area contributed by atoms with E-state index in [4.69, 9.17) is 9.47 Å². The molecule has 0 unspecified atom stereocenters. The summed E-state index contributed by atoms with van der Waals surface area (Å²) in [6.45, 7) is 6.97. The lowest BCUT2D eigenvalue weighted by Crippen LogP contribution is -2.38. The van der Waals surface area contributed by atoms with Crippen LogP contribution in [0.2, 0.25) is 0 Å². The molecule has 0 aliphatic carbocycles. The fraction of sp³-hybridized carbons (Fsp3) is 0.423. The van der Waals surface area contributed by atoms with Crippen molar-refractivity contribution in [2.45, 2.75) is 39.3 Å². The maximum atomic E-state index is 14.1. The van der Waals surface area contributed by atoms with E-state index in [1.54, 1.807) is 0 Å². The standard InChI is InChI=1S/C26H31FN4O3/c1-17-18(2)30-25-23(14-20(27)15-24(25)29-17)26(32)28-16-19-5-4-6-22(13-19)34-12-9-31(3)21-7-10-33-11-8-21/h4-6,13-15,21H,7-12,16H2,1-3H3,(H,28,32). The van der Waals surface area contributed by atoms with Gasteiger partial charge in [-0.15, -0.1) is 0 Å². The second-order valence-corrected chi connectivity index (χ2v) is 8.72. The van der Waals surface area contributed by atoms with Crippen LogP contribution in [0.5, 0.6) is 5.75 Å². The van der Waals surface area contributed by atoms with Gasteiger partial charge in [0, 0.05) is 38.4 Å². The molecule has 2 heterocycles. The van der Waals surface area contributed by atoms with Gasteiger partial charge in [-0.25, -0.2) is 14.4 Å². The molecule has 0 spiro atoms. The molecule has 8 heteroatoms. The minimum atomic E-state index is -0.517. The van der Waals surface area contributed by atoms with Gasteiger partial charge in [0.2, 0.25) is 0 Å². The van der Waals surface area contributed by atoms with Crippen LogP contribution in [0.1, 0.15) is 40.2 Å². The largest absolute Gasteiger partial charge is 0.492 e. The van der Waals surface area contributed by atoms with Gasteiger partial charge < -0.3 is 14.8 Å². The van der Waals surface area contributed by atoms with E-state index in [-0.39, 0.29) is 12.1 Å². The summed E-state index contributed by atoms with van der Waals surface area (Å²) in [7, 11) is 2.12. The van der Waals surface area contributed by atoms with Crippen LogP contribution in [-0.2, 0) is 11.3 Å². The quantitative estimate of drug-likeness (QED) is 0.544. The summed E-state index contributed by atoms with van der Waals surface area (Å²) in [5.74, 6) is -0.164. The van der Waals surface area contributed by atoms with Gasteiger partial charge >= 0.3 is 0 Å². The molecule has 0 radical (unpaired) electrons. The van der Waals surface area contributed by atoms with Crippen LogP contribution in [0.15, 0.2) is 36.4 Å². The molecule has 3 aromatic rings. The Morgan fingerprint density at radius 3 is 2.74 bits per heavy atom. The van der Waals surface area contributed by atoms with E-state index in [0.29, 0.717) is 35.1 Å². The molecule has 7 nitrogen and oxygen atoms in total. The van der Waals surface area contributed by atoms with E-state index >= 15 is 0 Å². The number of fused-ring (bicyclic) bond motifs is 1. The van der Waals surface area contributed by atoms with E-state index < -0.39 is 11.7 Å². The van der Waals surface area contributed by atoms with Gasteiger partial charge in [0.25, 0.3) is 5.91 Å². The number of amides is 1. The lowest BCUT2D eigenvalue weighted by atomic mass is 10.1. The second kappa shape index (κ2) is 10.9. The van der Waals surface area contributed by atoms with Crippen LogP contribution in [0.3, 0.4) is 0 Å². The Morgan fingerprint density at radius 1 is 1.18 bits per heavy atom. The lowest BCUT2D eigenvalue weighted by molar-refractivity contribution is 0.0392. The molecule has 2 aromatic carbocycles. The Hall–Kier alpha value is -3.10. The molecule has 0 atom stereocenters. The Morgan fingerprint density at radius 2 is 1.94 bits per heavy atom. The molecule has 1 amide bonds. The normalized spacial score (nSPS) is 14.5. The van der Waals surface area contributed by atoms with Gasteiger partial charge in [-0.05, 0) is 57.5 Å². The van der Waals surface area contributed by atoms with E-state index in [1.165, 1.54) is 12.1 Å². The third kappa shape index (κ3) is 5.87. The fourth-order valence-corrected chi connectivity index (χ4v) is 4.11. The highest BCUT2D eigenvalue weighted by Crippen LogP contribution is 2.20. The van der Waals surface area contributed by atoms with Crippen molar-refractivity contribution in [2.24, 2.45) is 0 Å². The number of nitrogens with one attached hydrogen (secondary N) is 1. The highest BCUT2D eigenvalue weighted by molar-refractivity contribution is 6.04. The zero-order valence-corrected chi connectivity index (χ0v) is 19.9. The molecule has 1 N–H and O–H groups in total. The van der Waals surface area contributed by atoms with Gasteiger partial charge in [0.1, 0.15) is 23.7 Å². The van der Waals surface area contributed by atoms with Crippen molar-refractivity contribution < 1.29 is 18.7 Å². The summed E-state index contributed by atoms with van der Waals surface area (Å²) in [4.78, 5) is 24.0. The topological polar surface area (TPSA) is 76.6 Å². The fourth-order valence-electron chi connectivity index (χ4n) is 4.11. The van der Waals surface area contributed by atoms with Crippen LogP contribution in [-0.4, -0.2) is 60.2 Å². The average Bonchev–Trinajstić information content (AvgIpc) is 2.84. The predicted molar refractivity (Wildman–Crippen MR) is 129 cm³/mol. The summed E-state index contributed by atoms with van der Waals surface area (Å²) in [6, 6.07) is 10.7. The Kier molecular flexibility index (Phi) is 7.70. The molecule has 1 aliphatic rings. The van der Waals surface area contributed by atoms with Crippen molar-refractivity contribution in [2.75, 3.05) is 33.4 Å². The summed E-state index contributed by atoms with van der Waals surface area (Å²) < 4.78 is 25.5. The first-order valence-electron chi connectivity index (χ1n) is 11.6. The molecule has 1 aromatic heterocycles. The number of aromatic nitrogens is 2. The van der Waals surface area contributed by atoms with E-state index in [1.807, 2.05) is 38.1 Å². The number of hydrogen-bond donors (Lipinski definition) is 1. The van der Waals surface area contributed by atoms with Crippen molar-refractivity contribution in [1.29, 1.82) is 0 Å². The number of ether oxygens (including phenoxy) is 2. The summed E-state index contributed by atoms with van der Waals surface area (Å²) in [5.41, 5.74) is 3.25. The maximum Gasteiger partial charge on any atom is 0.253 e. The monoisotopic (exact) mass is 466 g/mol.